The number of benzene rings is 1. The summed E-state index contributed by atoms with van der Waals surface area (Å²) in [5.74, 6) is 0.165. The third-order valence-electron chi connectivity index (χ3n) is 5.38. The maximum Gasteiger partial charge on any atom is 0.254 e. The first-order chi connectivity index (χ1) is 12.7. The minimum Gasteiger partial charge on any atom is -0.336 e. The highest BCUT2D eigenvalue weighted by Gasteiger charge is 2.30. The van der Waals surface area contributed by atoms with Crippen molar-refractivity contribution in [1.29, 1.82) is 0 Å². The van der Waals surface area contributed by atoms with Crippen LogP contribution in [0.15, 0.2) is 48.8 Å². The molecular weight excluding hydrogens is 326 g/mol. The number of aromatic nitrogens is 1. The number of pyridine rings is 1. The number of carbonyl (C=O) groups excluding carboxylic acids is 2. The van der Waals surface area contributed by atoms with Crippen molar-refractivity contribution in [2.24, 2.45) is 0 Å². The Bertz CT molecular complexity index is 806. The SMILES string of the molecule is O=C1c2ccccc2CN1CCC(=O)N1CCCCC1c1cccnc1. The quantitative estimate of drug-likeness (QED) is 0.852. The Hall–Kier alpha value is -2.69. The summed E-state index contributed by atoms with van der Waals surface area (Å²) < 4.78 is 0. The summed E-state index contributed by atoms with van der Waals surface area (Å²) in [6, 6.07) is 11.8. The normalized spacial score (nSPS) is 19.5. The molecule has 134 valence electrons. The predicted molar refractivity (Wildman–Crippen MR) is 98.3 cm³/mol. The van der Waals surface area contributed by atoms with Crippen LogP contribution in [0.5, 0.6) is 0 Å². The lowest BCUT2D eigenvalue weighted by Gasteiger charge is -2.36. The molecule has 4 rings (SSSR count). The summed E-state index contributed by atoms with van der Waals surface area (Å²) >= 11 is 0. The molecule has 0 aliphatic carbocycles. The zero-order valence-corrected chi connectivity index (χ0v) is 14.8. The third kappa shape index (κ3) is 3.21. The Balaban J connectivity index is 1.41. The van der Waals surface area contributed by atoms with Crippen LogP contribution in [-0.2, 0) is 11.3 Å². The van der Waals surface area contributed by atoms with Crippen molar-refractivity contribution in [1.82, 2.24) is 14.8 Å². The van der Waals surface area contributed by atoms with Crippen molar-refractivity contribution in [2.45, 2.75) is 38.3 Å². The lowest BCUT2D eigenvalue weighted by atomic mass is 9.96. The average Bonchev–Trinajstić information content (AvgIpc) is 3.03. The molecule has 2 aliphatic rings. The zero-order chi connectivity index (χ0) is 17.9. The molecule has 26 heavy (non-hydrogen) atoms. The van der Waals surface area contributed by atoms with Crippen LogP contribution in [-0.4, -0.2) is 39.7 Å². The van der Waals surface area contributed by atoms with Gasteiger partial charge in [0.05, 0.1) is 6.04 Å². The van der Waals surface area contributed by atoms with Crippen LogP contribution in [0.1, 0.15) is 53.2 Å². The second-order valence-electron chi connectivity index (χ2n) is 7.02. The molecule has 0 N–H and O–H groups in total. The Morgan fingerprint density at radius 1 is 1.15 bits per heavy atom. The van der Waals surface area contributed by atoms with Crippen molar-refractivity contribution in [3.63, 3.8) is 0 Å². The summed E-state index contributed by atoms with van der Waals surface area (Å²) in [4.78, 5) is 33.3. The molecular formula is C21H23N3O2. The van der Waals surface area contributed by atoms with E-state index in [0.717, 1.165) is 42.5 Å². The molecule has 0 bridgehead atoms. The van der Waals surface area contributed by atoms with Crippen LogP contribution < -0.4 is 0 Å². The van der Waals surface area contributed by atoms with Crippen molar-refractivity contribution in [3.8, 4) is 0 Å². The van der Waals surface area contributed by atoms with E-state index in [-0.39, 0.29) is 17.9 Å². The number of amides is 2. The van der Waals surface area contributed by atoms with Crippen LogP contribution in [0, 0.1) is 0 Å². The molecule has 0 saturated carbocycles. The zero-order valence-electron chi connectivity index (χ0n) is 14.8. The molecule has 5 nitrogen and oxygen atoms in total. The fraction of sp³-hybridized carbons (Fsp3) is 0.381. The molecule has 1 unspecified atom stereocenters. The van der Waals surface area contributed by atoms with Gasteiger partial charge in [-0.05, 0) is 42.5 Å². The Morgan fingerprint density at radius 3 is 2.85 bits per heavy atom. The minimum atomic E-state index is 0.0378. The number of carbonyl (C=O) groups is 2. The van der Waals surface area contributed by atoms with Gasteiger partial charge >= 0.3 is 0 Å². The maximum atomic E-state index is 12.9. The first kappa shape index (κ1) is 16.8. The van der Waals surface area contributed by atoms with E-state index < -0.39 is 0 Å². The van der Waals surface area contributed by atoms with Gasteiger partial charge in [0.15, 0.2) is 0 Å². The topological polar surface area (TPSA) is 53.5 Å². The predicted octanol–water partition coefficient (Wildman–Crippen LogP) is 3.18. The van der Waals surface area contributed by atoms with Crippen molar-refractivity contribution in [3.05, 3.63) is 65.5 Å². The van der Waals surface area contributed by atoms with Crippen molar-refractivity contribution >= 4 is 11.8 Å². The number of rotatable bonds is 4. The second-order valence-corrected chi connectivity index (χ2v) is 7.02. The Morgan fingerprint density at radius 2 is 2.04 bits per heavy atom. The highest BCUT2D eigenvalue weighted by molar-refractivity contribution is 5.98. The lowest BCUT2D eigenvalue weighted by molar-refractivity contribution is -0.135. The lowest BCUT2D eigenvalue weighted by Crippen LogP contribution is -2.40. The van der Waals surface area contributed by atoms with Gasteiger partial charge in [-0.1, -0.05) is 24.3 Å². The smallest absolute Gasteiger partial charge is 0.254 e. The van der Waals surface area contributed by atoms with Gasteiger partial charge in [-0.2, -0.15) is 0 Å². The van der Waals surface area contributed by atoms with Gasteiger partial charge in [0.2, 0.25) is 5.91 Å². The largest absolute Gasteiger partial charge is 0.336 e. The van der Waals surface area contributed by atoms with E-state index in [1.807, 2.05) is 47.5 Å². The molecule has 1 aromatic carbocycles. The van der Waals surface area contributed by atoms with E-state index in [1.54, 1.807) is 11.1 Å². The van der Waals surface area contributed by atoms with Crippen LogP contribution >= 0.6 is 0 Å². The van der Waals surface area contributed by atoms with E-state index >= 15 is 0 Å². The number of nitrogens with zero attached hydrogens (tertiary/aromatic N) is 3. The number of hydrogen-bond donors (Lipinski definition) is 0. The summed E-state index contributed by atoms with van der Waals surface area (Å²) in [6.45, 7) is 1.86. The average molecular weight is 349 g/mol. The molecule has 3 heterocycles. The number of hydrogen-bond acceptors (Lipinski definition) is 3. The molecule has 5 heteroatoms. The summed E-state index contributed by atoms with van der Waals surface area (Å²) in [5, 5.41) is 0. The summed E-state index contributed by atoms with van der Waals surface area (Å²) in [7, 11) is 0. The highest BCUT2D eigenvalue weighted by atomic mass is 16.2. The van der Waals surface area contributed by atoms with Gasteiger partial charge in [0.1, 0.15) is 0 Å². The van der Waals surface area contributed by atoms with Crippen molar-refractivity contribution in [2.75, 3.05) is 13.1 Å². The van der Waals surface area contributed by atoms with E-state index in [9.17, 15) is 9.59 Å². The molecule has 2 aliphatic heterocycles. The third-order valence-corrected chi connectivity index (χ3v) is 5.38. The molecule has 1 atom stereocenters. The molecule has 1 aromatic heterocycles. The van der Waals surface area contributed by atoms with Gasteiger partial charge in [0.25, 0.3) is 5.91 Å². The summed E-state index contributed by atoms with van der Waals surface area (Å²) in [5.41, 5.74) is 2.92. The molecule has 0 radical (unpaired) electrons. The first-order valence-corrected chi connectivity index (χ1v) is 9.30. The molecule has 1 fully saturated rings. The number of likely N-dealkylation sites (tertiary alicyclic amines) is 1. The van der Waals surface area contributed by atoms with Crippen LogP contribution in [0.25, 0.3) is 0 Å². The van der Waals surface area contributed by atoms with Crippen LogP contribution in [0.2, 0.25) is 0 Å². The van der Waals surface area contributed by atoms with E-state index in [2.05, 4.69) is 4.98 Å². The first-order valence-electron chi connectivity index (χ1n) is 9.30. The molecule has 1 saturated heterocycles. The van der Waals surface area contributed by atoms with Crippen LogP contribution in [0.3, 0.4) is 0 Å². The van der Waals surface area contributed by atoms with Gasteiger partial charge in [-0.3, -0.25) is 14.6 Å². The summed E-state index contributed by atoms with van der Waals surface area (Å²) in [6.07, 6.45) is 7.13. The maximum absolute atomic E-state index is 12.9. The fourth-order valence-corrected chi connectivity index (χ4v) is 4.02. The van der Waals surface area contributed by atoms with E-state index in [1.165, 1.54) is 0 Å². The highest BCUT2D eigenvalue weighted by Crippen LogP contribution is 2.31. The molecule has 2 amide bonds. The van der Waals surface area contributed by atoms with Crippen molar-refractivity contribution < 1.29 is 9.59 Å². The molecule has 2 aromatic rings. The number of piperidine rings is 1. The van der Waals surface area contributed by atoms with Gasteiger partial charge in [-0.25, -0.2) is 0 Å². The molecule has 0 spiro atoms. The fourth-order valence-electron chi connectivity index (χ4n) is 4.02. The Kier molecular flexibility index (Phi) is 4.69. The van der Waals surface area contributed by atoms with Gasteiger partial charge in [0, 0.05) is 44.0 Å². The monoisotopic (exact) mass is 349 g/mol. The Labute approximate surface area is 153 Å². The minimum absolute atomic E-state index is 0.0378. The number of fused-ring (bicyclic) bond motifs is 1. The standard InChI is InChI=1S/C21H23N3O2/c25-20(10-13-23-15-17-6-1-2-8-18(17)21(23)26)24-12-4-3-9-19(24)16-7-5-11-22-14-16/h1-2,5-8,11,14,19H,3-4,9-10,12-13,15H2. The van der Waals surface area contributed by atoms with Gasteiger partial charge < -0.3 is 9.80 Å². The van der Waals surface area contributed by atoms with Crippen LogP contribution in [0.4, 0.5) is 0 Å². The van der Waals surface area contributed by atoms with E-state index in [4.69, 9.17) is 0 Å². The second kappa shape index (κ2) is 7.28. The van der Waals surface area contributed by atoms with Gasteiger partial charge in [-0.15, -0.1) is 0 Å². The van der Waals surface area contributed by atoms with E-state index in [0.29, 0.717) is 19.5 Å².